The van der Waals surface area contributed by atoms with Crippen LogP contribution < -0.4 is 0 Å². The third-order valence-corrected chi connectivity index (χ3v) is 6.19. The van der Waals surface area contributed by atoms with Crippen molar-refractivity contribution in [1.29, 1.82) is 0 Å². The van der Waals surface area contributed by atoms with Gasteiger partial charge in [0.1, 0.15) is 0 Å². The molecule has 0 aromatic heterocycles. The van der Waals surface area contributed by atoms with E-state index in [0.29, 0.717) is 31.5 Å². The summed E-state index contributed by atoms with van der Waals surface area (Å²) >= 11 is 5.59. The summed E-state index contributed by atoms with van der Waals surface area (Å²) in [4.78, 5) is 2.34. The van der Waals surface area contributed by atoms with Crippen molar-refractivity contribution in [3.63, 3.8) is 0 Å². The fourth-order valence-corrected chi connectivity index (χ4v) is 4.68. The molecule has 2 saturated heterocycles. The Bertz CT molecular complexity index is 385. The molecule has 0 N–H and O–H groups in total. The number of hydrogen-bond acceptors (Lipinski definition) is 4. The smallest absolute Gasteiger partial charge is 0.214 e. The Morgan fingerprint density at radius 3 is 2.70 bits per heavy atom. The second-order valence-electron chi connectivity index (χ2n) is 5.55. The van der Waals surface area contributed by atoms with Gasteiger partial charge in [0.15, 0.2) is 0 Å². The minimum Gasteiger partial charge on any atom is -0.377 e. The van der Waals surface area contributed by atoms with Crippen molar-refractivity contribution in [3.05, 3.63) is 0 Å². The Hall–Kier alpha value is 0.120. The van der Waals surface area contributed by atoms with Crippen molar-refractivity contribution >= 4 is 21.6 Å². The maximum atomic E-state index is 12.2. The molecule has 0 bridgehead atoms. The van der Waals surface area contributed by atoms with Crippen LogP contribution in [0.4, 0.5) is 0 Å². The Morgan fingerprint density at radius 2 is 2.00 bits per heavy atom. The average Bonchev–Trinajstić information content (AvgIpc) is 2.80. The first kappa shape index (κ1) is 16.5. The SMILES string of the molecule is O=S(=O)(CCCCl)N1CCCN(CC2CCCO2)CC1. The molecule has 2 heterocycles. The maximum Gasteiger partial charge on any atom is 0.214 e. The lowest BCUT2D eigenvalue weighted by molar-refractivity contribution is 0.0749. The standard InChI is InChI=1S/C13H25ClN2O3S/c14-5-2-11-20(17,18)16-7-3-6-15(8-9-16)12-13-4-1-10-19-13/h13H,1-12H2. The lowest BCUT2D eigenvalue weighted by Gasteiger charge is -2.23. The third-order valence-electron chi connectivity index (χ3n) is 3.96. The number of nitrogens with zero attached hydrogens (tertiary/aromatic N) is 2. The van der Waals surface area contributed by atoms with E-state index in [1.807, 2.05) is 0 Å². The monoisotopic (exact) mass is 324 g/mol. The molecule has 2 rings (SSSR count). The number of rotatable bonds is 6. The van der Waals surface area contributed by atoms with Gasteiger partial charge in [0.2, 0.25) is 10.0 Å². The van der Waals surface area contributed by atoms with Crippen LogP contribution in [0.5, 0.6) is 0 Å². The van der Waals surface area contributed by atoms with Crippen LogP contribution in [0.3, 0.4) is 0 Å². The fourth-order valence-electron chi connectivity index (χ4n) is 2.85. The second kappa shape index (κ2) is 7.94. The average molecular weight is 325 g/mol. The van der Waals surface area contributed by atoms with Gasteiger partial charge in [0, 0.05) is 38.7 Å². The summed E-state index contributed by atoms with van der Waals surface area (Å²) in [5, 5.41) is 0. The minimum absolute atomic E-state index is 0.169. The van der Waals surface area contributed by atoms with E-state index < -0.39 is 10.0 Å². The van der Waals surface area contributed by atoms with E-state index in [1.165, 1.54) is 0 Å². The van der Waals surface area contributed by atoms with Crippen LogP contribution in [0.2, 0.25) is 0 Å². The van der Waals surface area contributed by atoms with E-state index in [4.69, 9.17) is 16.3 Å². The van der Waals surface area contributed by atoms with Crippen molar-refractivity contribution in [2.24, 2.45) is 0 Å². The van der Waals surface area contributed by atoms with E-state index in [1.54, 1.807) is 4.31 Å². The number of hydrogen-bond donors (Lipinski definition) is 0. The van der Waals surface area contributed by atoms with Gasteiger partial charge in [0.25, 0.3) is 0 Å². The van der Waals surface area contributed by atoms with E-state index >= 15 is 0 Å². The van der Waals surface area contributed by atoms with Gasteiger partial charge in [-0.1, -0.05) is 0 Å². The predicted molar refractivity (Wildman–Crippen MR) is 80.7 cm³/mol. The number of halogens is 1. The zero-order valence-electron chi connectivity index (χ0n) is 12.0. The van der Waals surface area contributed by atoms with Gasteiger partial charge in [0.05, 0.1) is 11.9 Å². The van der Waals surface area contributed by atoms with E-state index in [-0.39, 0.29) is 5.75 Å². The van der Waals surface area contributed by atoms with Gasteiger partial charge < -0.3 is 4.74 Å². The highest BCUT2D eigenvalue weighted by Crippen LogP contribution is 2.15. The molecule has 0 aliphatic carbocycles. The first-order valence-corrected chi connectivity index (χ1v) is 9.64. The topological polar surface area (TPSA) is 49.9 Å². The van der Waals surface area contributed by atoms with Crippen molar-refractivity contribution < 1.29 is 13.2 Å². The van der Waals surface area contributed by atoms with Crippen molar-refractivity contribution in [2.75, 3.05) is 51.0 Å². The highest BCUT2D eigenvalue weighted by Gasteiger charge is 2.26. The van der Waals surface area contributed by atoms with Crippen LogP contribution in [-0.2, 0) is 14.8 Å². The first-order chi connectivity index (χ1) is 9.62. The number of sulfonamides is 1. The van der Waals surface area contributed by atoms with Gasteiger partial charge in [-0.2, -0.15) is 0 Å². The summed E-state index contributed by atoms with van der Waals surface area (Å²) in [6.07, 6.45) is 4.05. The van der Waals surface area contributed by atoms with Crippen LogP contribution in [0, 0.1) is 0 Å². The molecule has 7 heteroatoms. The molecular formula is C13H25ClN2O3S. The zero-order valence-corrected chi connectivity index (χ0v) is 13.5. The summed E-state index contributed by atoms with van der Waals surface area (Å²) in [5.74, 6) is 0.570. The zero-order chi connectivity index (χ0) is 14.4. The molecule has 20 heavy (non-hydrogen) atoms. The molecule has 0 amide bonds. The molecule has 0 spiro atoms. The Morgan fingerprint density at radius 1 is 1.15 bits per heavy atom. The first-order valence-electron chi connectivity index (χ1n) is 7.49. The van der Waals surface area contributed by atoms with E-state index in [9.17, 15) is 8.42 Å². The van der Waals surface area contributed by atoms with Crippen molar-refractivity contribution in [3.8, 4) is 0 Å². The molecule has 1 atom stereocenters. The van der Waals surface area contributed by atoms with Crippen LogP contribution in [-0.4, -0.2) is 74.7 Å². The molecule has 2 aliphatic heterocycles. The van der Waals surface area contributed by atoms with Crippen molar-refractivity contribution in [2.45, 2.75) is 31.8 Å². The van der Waals surface area contributed by atoms with Gasteiger partial charge in [-0.25, -0.2) is 12.7 Å². The summed E-state index contributed by atoms with van der Waals surface area (Å²) in [7, 11) is -3.13. The predicted octanol–water partition coefficient (Wildman–Crippen LogP) is 1.13. The van der Waals surface area contributed by atoms with Crippen LogP contribution >= 0.6 is 11.6 Å². The molecule has 5 nitrogen and oxygen atoms in total. The number of ether oxygens (including phenoxy) is 1. The van der Waals surface area contributed by atoms with E-state index in [0.717, 1.165) is 45.5 Å². The van der Waals surface area contributed by atoms with Crippen LogP contribution in [0.1, 0.15) is 25.7 Å². The van der Waals surface area contributed by atoms with Crippen molar-refractivity contribution in [1.82, 2.24) is 9.21 Å². The third kappa shape index (κ3) is 4.84. The largest absolute Gasteiger partial charge is 0.377 e. The number of alkyl halides is 1. The second-order valence-corrected chi connectivity index (χ2v) is 8.01. The molecule has 0 aromatic carbocycles. The molecule has 0 radical (unpaired) electrons. The minimum atomic E-state index is -3.13. The Kier molecular flexibility index (Phi) is 6.55. The Labute approximate surface area is 127 Å². The molecule has 1 unspecified atom stereocenters. The summed E-state index contributed by atoms with van der Waals surface area (Å²) in [5.41, 5.74) is 0. The fraction of sp³-hybridized carbons (Fsp3) is 1.00. The highest BCUT2D eigenvalue weighted by atomic mass is 35.5. The molecule has 118 valence electrons. The lowest BCUT2D eigenvalue weighted by Crippen LogP contribution is -2.38. The van der Waals surface area contributed by atoms with Gasteiger partial charge in [-0.3, -0.25) is 4.90 Å². The summed E-state index contributed by atoms with van der Waals surface area (Å²) < 4.78 is 31.6. The summed E-state index contributed by atoms with van der Waals surface area (Å²) in [6, 6.07) is 0. The molecule has 2 aliphatic rings. The summed E-state index contributed by atoms with van der Waals surface area (Å²) in [6.45, 7) is 4.80. The molecule has 2 fully saturated rings. The highest BCUT2D eigenvalue weighted by molar-refractivity contribution is 7.89. The molecule has 0 aromatic rings. The molecular weight excluding hydrogens is 300 g/mol. The van der Waals surface area contributed by atoms with Gasteiger partial charge in [-0.15, -0.1) is 11.6 Å². The van der Waals surface area contributed by atoms with Gasteiger partial charge in [-0.05, 0) is 32.2 Å². The normalized spacial score (nSPS) is 26.8. The van der Waals surface area contributed by atoms with Gasteiger partial charge >= 0.3 is 0 Å². The quantitative estimate of drug-likeness (QED) is 0.687. The van der Waals surface area contributed by atoms with Crippen LogP contribution in [0.15, 0.2) is 0 Å². The van der Waals surface area contributed by atoms with Crippen LogP contribution in [0.25, 0.3) is 0 Å². The Balaban J connectivity index is 1.81. The van der Waals surface area contributed by atoms with E-state index in [2.05, 4.69) is 4.90 Å². The maximum absolute atomic E-state index is 12.2. The molecule has 0 saturated carbocycles. The lowest BCUT2D eigenvalue weighted by atomic mass is 10.2.